The molecule has 7 nitrogen and oxygen atoms in total. The first-order chi connectivity index (χ1) is 13.0. The van der Waals surface area contributed by atoms with Crippen LogP contribution >= 0.6 is 0 Å². The van der Waals surface area contributed by atoms with Gasteiger partial charge in [0.15, 0.2) is 0 Å². The molecule has 0 bridgehead atoms. The fourth-order valence-corrected chi connectivity index (χ4v) is 3.44. The Labute approximate surface area is 158 Å². The van der Waals surface area contributed by atoms with Crippen molar-refractivity contribution in [3.8, 4) is 0 Å². The third kappa shape index (κ3) is 3.37. The first-order valence-corrected chi connectivity index (χ1v) is 9.33. The smallest absolute Gasteiger partial charge is 0.261 e. The molecule has 4 rings (SSSR count). The van der Waals surface area contributed by atoms with Crippen LogP contribution in [0.1, 0.15) is 25.6 Å². The van der Waals surface area contributed by atoms with E-state index in [0.717, 1.165) is 49.0 Å². The summed E-state index contributed by atoms with van der Waals surface area (Å²) in [5, 5.41) is 0.668. The van der Waals surface area contributed by atoms with E-state index in [9.17, 15) is 4.79 Å². The van der Waals surface area contributed by atoms with E-state index in [1.165, 1.54) is 0 Å². The van der Waals surface area contributed by atoms with Crippen molar-refractivity contribution in [2.24, 2.45) is 0 Å². The summed E-state index contributed by atoms with van der Waals surface area (Å²) in [6.07, 6.45) is 3.45. The van der Waals surface area contributed by atoms with Crippen LogP contribution in [0.4, 0.5) is 11.6 Å². The molecule has 0 amide bonds. The van der Waals surface area contributed by atoms with Crippen molar-refractivity contribution in [2.45, 2.75) is 26.8 Å². The van der Waals surface area contributed by atoms with Gasteiger partial charge < -0.3 is 9.80 Å². The lowest BCUT2D eigenvalue weighted by molar-refractivity contribution is 0.573. The number of aryl methyl sites for hydroxylation is 1. The van der Waals surface area contributed by atoms with E-state index in [1.807, 2.05) is 51.2 Å². The Hall–Kier alpha value is -2.96. The Morgan fingerprint density at radius 2 is 1.74 bits per heavy atom. The van der Waals surface area contributed by atoms with Gasteiger partial charge in [0.1, 0.15) is 0 Å². The number of hydrogen-bond acceptors (Lipinski definition) is 6. The number of hydrogen-bond donors (Lipinski definition) is 0. The molecule has 1 aliphatic rings. The number of benzene rings is 1. The second-order valence-electron chi connectivity index (χ2n) is 7.22. The summed E-state index contributed by atoms with van der Waals surface area (Å²) in [5.41, 5.74) is 2.85. The number of nitrogens with zero attached hydrogens (tertiary/aromatic N) is 6. The number of fused-ring (bicyclic) bond motifs is 1. The molecule has 0 spiro atoms. The van der Waals surface area contributed by atoms with Crippen LogP contribution in [0, 0.1) is 6.92 Å². The van der Waals surface area contributed by atoms with Crippen molar-refractivity contribution in [3.05, 3.63) is 52.8 Å². The quantitative estimate of drug-likeness (QED) is 0.711. The zero-order valence-corrected chi connectivity index (χ0v) is 16.0. The maximum Gasteiger partial charge on any atom is 0.261 e. The first-order valence-electron chi connectivity index (χ1n) is 9.33. The van der Waals surface area contributed by atoms with Crippen LogP contribution in [0.25, 0.3) is 10.9 Å². The van der Waals surface area contributed by atoms with Gasteiger partial charge >= 0.3 is 0 Å². The molecule has 27 heavy (non-hydrogen) atoms. The van der Waals surface area contributed by atoms with Crippen molar-refractivity contribution in [2.75, 3.05) is 36.0 Å². The highest BCUT2D eigenvalue weighted by Crippen LogP contribution is 2.22. The Bertz CT molecular complexity index is 1020. The van der Waals surface area contributed by atoms with Gasteiger partial charge in [-0.3, -0.25) is 9.36 Å². The molecule has 7 heteroatoms. The minimum absolute atomic E-state index is 0.0166. The van der Waals surface area contributed by atoms with Gasteiger partial charge in [-0.15, -0.1) is 0 Å². The van der Waals surface area contributed by atoms with Crippen molar-refractivity contribution in [3.63, 3.8) is 0 Å². The van der Waals surface area contributed by atoms with Crippen LogP contribution in [0.2, 0.25) is 0 Å². The topological polar surface area (TPSA) is 67.2 Å². The highest BCUT2D eigenvalue weighted by molar-refractivity contribution is 5.81. The molecule has 1 aliphatic heterocycles. The Morgan fingerprint density at radius 1 is 1.00 bits per heavy atom. The van der Waals surface area contributed by atoms with Crippen LogP contribution in [-0.2, 0) is 0 Å². The average molecular weight is 364 g/mol. The van der Waals surface area contributed by atoms with E-state index in [1.54, 1.807) is 10.9 Å². The summed E-state index contributed by atoms with van der Waals surface area (Å²) in [6, 6.07) is 7.95. The average Bonchev–Trinajstić information content (AvgIpc) is 2.68. The zero-order valence-electron chi connectivity index (χ0n) is 16.0. The van der Waals surface area contributed by atoms with Crippen LogP contribution in [0.5, 0.6) is 0 Å². The number of anilines is 2. The third-order valence-electron chi connectivity index (χ3n) is 5.03. The molecule has 3 aromatic rings. The van der Waals surface area contributed by atoms with Gasteiger partial charge in [0, 0.05) is 49.8 Å². The monoisotopic (exact) mass is 364 g/mol. The number of aromatic nitrogens is 4. The molecular weight excluding hydrogens is 340 g/mol. The van der Waals surface area contributed by atoms with E-state index < -0.39 is 0 Å². The molecule has 0 N–H and O–H groups in total. The van der Waals surface area contributed by atoms with E-state index in [4.69, 9.17) is 0 Å². The van der Waals surface area contributed by atoms with Gasteiger partial charge in [-0.05, 0) is 45.0 Å². The summed E-state index contributed by atoms with van der Waals surface area (Å²) in [7, 11) is 0. The van der Waals surface area contributed by atoms with E-state index in [0.29, 0.717) is 5.39 Å². The molecule has 140 valence electrons. The van der Waals surface area contributed by atoms with E-state index >= 15 is 0 Å². The van der Waals surface area contributed by atoms with Crippen molar-refractivity contribution in [1.29, 1.82) is 0 Å². The summed E-state index contributed by atoms with van der Waals surface area (Å²) >= 11 is 0. The van der Waals surface area contributed by atoms with Crippen LogP contribution in [0.3, 0.4) is 0 Å². The van der Waals surface area contributed by atoms with Crippen LogP contribution in [0.15, 0.2) is 41.6 Å². The lowest BCUT2D eigenvalue weighted by atomic mass is 10.2. The molecule has 1 fully saturated rings. The molecule has 0 aliphatic carbocycles. The van der Waals surface area contributed by atoms with Gasteiger partial charge in [-0.2, -0.15) is 0 Å². The van der Waals surface area contributed by atoms with Gasteiger partial charge in [0.25, 0.3) is 5.56 Å². The first kappa shape index (κ1) is 17.5. The van der Waals surface area contributed by atoms with Gasteiger partial charge in [0.2, 0.25) is 5.95 Å². The van der Waals surface area contributed by atoms with Crippen LogP contribution < -0.4 is 15.4 Å². The van der Waals surface area contributed by atoms with Crippen molar-refractivity contribution >= 4 is 22.5 Å². The highest BCUT2D eigenvalue weighted by Gasteiger charge is 2.20. The molecule has 3 heterocycles. The lowest BCUT2D eigenvalue weighted by Crippen LogP contribution is -2.47. The highest BCUT2D eigenvalue weighted by atomic mass is 16.1. The second kappa shape index (κ2) is 6.98. The molecule has 0 saturated carbocycles. The largest absolute Gasteiger partial charge is 0.368 e. The molecule has 0 radical (unpaired) electrons. The van der Waals surface area contributed by atoms with Gasteiger partial charge in [-0.1, -0.05) is 0 Å². The normalized spacial score (nSPS) is 15.0. The molecular formula is C20H24N6O. The number of rotatable bonds is 3. The summed E-state index contributed by atoms with van der Waals surface area (Å²) in [6.45, 7) is 9.45. The molecule has 1 aromatic carbocycles. The Kier molecular flexibility index (Phi) is 4.51. The summed E-state index contributed by atoms with van der Waals surface area (Å²) < 4.78 is 1.67. The predicted octanol–water partition coefficient (Wildman–Crippen LogP) is 2.40. The standard InChI is InChI=1S/C20H24N6O/c1-14(2)26-13-22-18-12-16(4-5-17(18)19(26)27)24-8-10-25(11-9-24)20-21-7-6-15(3)23-20/h4-7,12-14H,8-11H2,1-3H3. The fraction of sp³-hybridized carbons (Fsp3) is 0.400. The zero-order chi connectivity index (χ0) is 19.0. The molecule has 1 saturated heterocycles. The van der Waals surface area contributed by atoms with Gasteiger partial charge in [0.05, 0.1) is 17.2 Å². The summed E-state index contributed by atoms with van der Waals surface area (Å²) in [5.74, 6) is 0.795. The number of piperazine rings is 1. The van der Waals surface area contributed by atoms with Crippen LogP contribution in [-0.4, -0.2) is 45.7 Å². The fourth-order valence-electron chi connectivity index (χ4n) is 3.44. The SMILES string of the molecule is Cc1ccnc(N2CCN(c3ccc4c(=O)n(C(C)C)cnc4c3)CC2)n1. The molecule has 0 unspecified atom stereocenters. The minimum atomic E-state index is 0.0166. The minimum Gasteiger partial charge on any atom is -0.368 e. The maximum atomic E-state index is 12.6. The lowest BCUT2D eigenvalue weighted by Gasteiger charge is -2.36. The van der Waals surface area contributed by atoms with E-state index in [-0.39, 0.29) is 11.6 Å². The Balaban J connectivity index is 1.54. The molecule has 0 atom stereocenters. The van der Waals surface area contributed by atoms with E-state index in [2.05, 4.69) is 24.8 Å². The molecule has 2 aromatic heterocycles. The predicted molar refractivity (Wildman–Crippen MR) is 108 cm³/mol. The van der Waals surface area contributed by atoms with Gasteiger partial charge in [-0.25, -0.2) is 15.0 Å². The third-order valence-corrected chi connectivity index (χ3v) is 5.03. The van der Waals surface area contributed by atoms with Crippen molar-refractivity contribution in [1.82, 2.24) is 19.5 Å². The summed E-state index contributed by atoms with van der Waals surface area (Å²) in [4.78, 5) is 30.5. The maximum absolute atomic E-state index is 12.6. The second-order valence-corrected chi connectivity index (χ2v) is 7.22. The Morgan fingerprint density at radius 3 is 2.44 bits per heavy atom. The van der Waals surface area contributed by atoms with Crippen molar-refractivity contribution < 1.29 is 0 Å².